The molecule has 2 heterocycles. The summed E-state index contributed by atoms with van der Waals surface area (Å²) >= 11 is 3.64. The van der Waals surface area contributed by atoms with Gasteiger partial charge in [0.25, 0.3) is 0 Å². The minimum Gasteiger partial charge on any atom is -0.444 e. The molecule has 0 aliphatic carbocycles. The van der Waals surface area contributed by atoms with Gasteiger partial charge in [-0.3, -0.25) is 4.90 Å². The number of hydrogen-bond donors (Lipinski definition) is 1. The van der Waals surface area contributed by atoms with Gasteiger partial charge in [-0.15, -0.1) is 0 Å². The van der Waals surface area contributed by atoms with Crippen LogP contribution in [0.15, 0.2) is 53.0 Å². The molecule has 1 fully saturated rings. The highest BCUT2D eigenvalue weighted by molar-refractivity contribution is 9.10. The number of halogens is 1. The summed E-state index contributed by atoms with van der Waals surface area (Å²) in [5.41, 5.74) is 3.28. The molecule has 1 spiro atoms. The predicted molar refractivity (Wildman–Crippen MR) is 102 cm³/mol. The summed E-state index contributed by atoms with van der Waals surface area (Å²) in [6.07, 6.45) is 1.81. The first-order valence-corrected chi connectivity index (χ1v) is 9.47. The Morgan fingerprint density at radius 3 is 2.64 bits per heavy atom. The van der Waals surface area contributed by atoms with Crippen LogP contribution >= 0.6 is 15.9 Å². The number of para-hydroxylation sites is 1. The van der Waals surface area contributed by atoms with Crippen molar-refractivity contribution in [2.75, 3.05) is 24.5 Å². The summed E-state index contributed by atoms with van der Waals surface area (Å²) in [6, 6.07) is 16.0. The molecule has 0 unspecified atom stereocenters. The fourth-order valence-electron chi connectivity index (χ4n) is 3.97. The van der Waals surface area contributed by atoms with Crippen molar-refractivity contribution in [2.24, 2.45) is 0 Å². The summed E-state index contributed by atoms with van der Waals surface area (Å²) in [5.74, 6) is 0. The highest BCUT2D eigenvalue weighted by Crippen LogP contribution is 2.49. The minimum atomic E-state index is -0.271. The van der Waals surface area contributed by atoms with Crippen LogP contribution in [0.5, 0.6) is 0 Å². The molecule has 4 nitrogen and oxygen atoms in total. The molecule has 1 amide bonds. The molecule has 1 N–H and O–H groups in total. The van der Waals surface area contributed by atoms with Crippen molar-refractivity contribution in [2.45, 2.75) is 24.9 Å². The SMILES string of the molecule is O=C(OCc1ccccc1)N1CC2(CCNCC2)c2cccc(Br)c21. The number of carbonyl (C=O) groups excluding carboxylic acids is 1. The van der Waals surface area contributed by atoms with E-state index < -0.39 is 0 Å². The molecule has 1 saturated heterocycles. The second-order valence-electron chi connectivity index (χ2n) is 6.79. The Hall–Kier alpha value is -1.85. The average Bonchev–Trinajstić information content (AvgIpc) is 2.97. The Kier molecular flexibility index (Phi) is 4.52. The van der Waals surface area contributed by atoms with Crippen LogP contribution in [-0.4, -0.2) is 25.7 Å². The second kappa shape index (κ2) is 6.81. The number of nitrogens with one attached hydrogen (secondary N) is 1. The summed E-state index contributed by atoms with van der Waals surface area (Å²) in [7, 11) is 0. The van der Waals surface area contributed by atoms with Crippen molar-refractivity contribution in [3.05, 3.63) is 64.1 Å². The Labute approximate surface area is 156 Å². The zero-order valence-electron chi connectivity index (χ0n) is 14.0. The van der Waals surface area contributed by atoms with E-state index in [1.165, 1.54) is 5.56 Å². The first kappa shape index (κ1) is 16.6. The number of carbonyl (C=O) groups is 1. The fourth-order valence-corrected chi connectivity index (χ4v) is 4.55. The molecule has 2 aliphatic rings. The summed E-state index contributed by atoms with van der Waals surface area (Å²) in [4.78, 5) is 14.6. The van der Waals surface area contributed by atoms with Gasteiger partial charge >= 0.3 is 6.09 Å². The number of amides is 1. The lowest BCUT2D eigenvalue weighted by atomic mass is 9.75. The quantitative estimate of drug-likeness (QED) is 0.819. The lowest BCUT2D eigenvalue weighted by Crippen LogP contribution is -2.44. The molecule has 25 heavy (non-hydrogen) atoms. The van der Waals surface area contributed by atoms with Crippen molar-refractivity contribution in [1.82, 2.24) is 5.32 Å². The summed E-state index contributed by atoms with van der Waals surface area (Å²) < 4.78 is 6.56. The molecule has 2 aliphatic heterocycles. The van der Waals surface area contributed by atoms with Gasteiger partial charge in [-0.1, -0.05) is 42.5 Å². The molecule has 4 rings (SSSR count). The first-order chi connectivity index (χ1) is 12.2. The van der Waals surface area contributed by atoms with Crippen LogP contribution in [0, 0.1) is 0 Å². The molecular formula is C20H21BrN2O2. The number of ether oxygens (including phenoxy) is 1. The molecule has 0 atom stereocenters. The summed E-state index contributed by atoms with van der Waals surface area (Å²) in [6.45, 7) is 2.96. The van der Waals surface area contributed by atoms with Crippen molar-refractivity contribution < 1.29 is 9.53 Å². The first-order valence-electron chi connectivity index (χ1n) is 8.68. The van der Waals surface area contributed by atoms with E-state index in [2.05, 4.69) is 33.4 Å². The maximum atomic E-state index is 12.8. The predicted octanol–water partition coefficient (Wildman–Crippen LogP) is 4.23. The van der Waals surface area contributed by atoms with Crippen molar-refractivity contribution in [1.29, 1.82) is 0 Å². The molecule has 0 bridgehead atoms. The Morgan fingerprint density at radius 1 is 1.12 bits per heavy atom. The maximum absolute atomic E-state index is 12.8. The van der Waals surface area contributed by atoms with Crippen molar-refractivity contribution in [3.63, 3.8) is 0 Å². The van der Waals surface area contributed by atoms with Crippen LogP contribution in [0.3, 0.4) is 0 Å². The van der Waals surface area contributed by atoms with Crippen LogP contribution in [0.2, 0.25) is 0 Å². The van der Waals surface area contributed by atoms with E-state index in [0.717, 1.165) is 41.7 Å². The van der Waals surface area contributed by atoms with Gasteiger partial charge in [0.1, 0.15) is 6.61 Å². The van der Waals surface area contributed by atoms with Crippen LogP contribution in [-0.2, 0) is 16.8 Å². The number of fused-ring (bicyclic) bond motifs is 2. The molecule has 0 radical (unpaired) electrons. The third-order valence-corrected chi connectivity index (χ3v) is 5.91. The number of hydrogen-bond acceptors (Lipinski definition) is 3. The largest absolute Gasteiger partial charge is 0.444 e. The number of anilines is 1. The van der Waals surface area contributed by atoms with Gasteiger partial charge in [0.05, 0.1) is 5.69 Å². The molecule has 5 heteroatoms. The van der Waals surface area contributed by atoms with E-state index in [-0.39, 0.29) is 11.5 Å². The molecule has 0 aromatic heterocycles. The highest BCUT2D eigenvalue weighted by atomic mass is 79.9. The third kappa shape index (κ3) is 3.07. The van der Waals surface area contributed by atoms with Crippen molar-refractivity contribution >= 4 is 27.7 Å². The zero-order chi connectivity index (χ0) is 17.3. The lowest BCUT2D eigenvalue weighted by molar-refractivity contribution is 0.145. The van der Waals surface area contributed by atoms with E-state index in [4.69, 9.17) is 4.74 Å². The van der Waals surface area contributed by atoms with Crippen LogP contribution in [0.1, 0.15) is 24.0 Å². The number of nitrogens with zero attached hydrogens (tertiary/aromatic N) is 1. The second-order valence-corrected chi connectivity index (χ2v) is 7.65. The van der Waals surface area contributed by atoms with Gasteiger partial charge in [0.15, 0.2) is 0 Å². The molecule has 2 aromatic carbocycles. The monoisotopic (exact) mass is 400 g/mol. The number of piperidine rings is 1. The normalized spacial score (nSPS) is 18.2. The van der Waals surface area contributed by atoms with E-state index in [9.17, 15) is 4.79 Å². The van der Waals surface area contributed by atoms with Gasteiger partial charge in [-0.25, -0.2) is 4.79 Å². The van der Waals surface area contributed by atoms with E-state index in [0.29, 0.717) is 13.2 Å². The lowest BCUT2D eigenvalue weighted by Gasteiger charge is -2.34. The van der Waals surface area contributed by atoms with Crippen molar-refractivity contribution in [3.8, 4) is 0 Å². The molecule has 2 aromatic rings. The Bertz CT molecular complexity index is 773. The number of rotatable bonds is 2. The van der Waals surface area contributed by atoms with Gasteiger partial charge < -0.3 is 10.1 Å². The van der Waals surface area contributed by atoms with Gasteiger partial charge in [0, 0.05) is 16.4 Å². The zero-order valence-corrected chi connectivity index (χ0v) is 15.6. The van der Waals surface area contributed by atoms with Gasteiger partial charge in [-0.2, -0.15) is 0 Å². The van der Waals surface area contributed by atoms with Gasteiger partial charge in [-0.05, 0) is 59.1 Å². The average molecular weight is 401 g/mol. The fraction of sp³-hybridized carbons (Fsp3) is 0.350. The smallest absolute Gasteiger partial charge is 0.414 e. The summed E-state index contributed by atoms with van der Waals surface area (Å²) in [5, 5.41) is 3.43. The number of benzene rings is 2. The Balaban J connectivity index is 1.59. The maximum Gasteiger partial charge on any atom is 0.414 e. The third-order valence-electron chi connectivity index (χ3n) is 5.28. The van der Waals surface area contributed by atoms with E-state index >= 15 is 0 Å². The standard InChI is InChI=1S/C20H21BrN2O2/c21-17-8-4-7-16-18(17)23(14-20(16)9-11-22-12-10-20)19(24)25-13-15-5-2-1-3-6-15/h1-8,22H,9-14H2. The van der Waals surface area contributed by atoms with Gasteiger partial charge in [0.2, 0.25) is 0 Å². The van der Waals surface area contributed by atoms with E-state index in [1.807, 2.05) is 41.3 Å². The molecule has 130 valence electrons. The highest BCUT2D eigenvalue weighted by Gasteiger charge is 2.46. The van der Waals surface area contributed by atoms with Crippen LogP contribution in [0.25, 0.3) is 0 Å². The van der Waals surface area contributed by atoms with Crippen LogP contribution in [0.4, 0.5) is 10.5 Å². The molecule has 0 saturated carbocycles. The molecular weight excluding hydrogens is 380 g/mol. The Morgan fingerprint density at radius 2 is 1.88 bits per heavy atom. The van der Waals surface area contributed by atoms with Crippen LogP contribution < -0.4 is 10.2 Å². The topological polar surface area (TPSA) is 41.6 Å². The van der Waals surface area contributed by atoms with E-state index in [1.54, 1.807) is 0 Å². The minimum absolute atomic E-state index is 0.0378.